The Morgan fingerprint density at radius 3 is 2.74 bits per heavy atom. The Labute approximate surface area is 121 Å². The first-order valence-electron chi connectivity index (χ1n) is 6.45. The minimum atomic E-state index is 0.184. The standard InChI is InChI=1S/C14H18BrN3O/c1-4-16-10(3)9(2)14-17-13(18-19-14)11-7-5-6-8-12(11)15/h5-10,16H,4H2,1-3H3. The van der Waals surface area contributed by atoms with Gasteiger partial charge in [0.15, 0.2) is 0 Å². The van der Waals surface area contributed by atoms with Crippen LogP contribution >= 0.6 is 15.9 Å². The lowest BCUT2D eigenvalue weighted by molar-refractivity contribution is 0.332. The number of likely N-dealkylation sites (N-methyl/N-ethyl adjacent to an activating group) is 1. The molecule has 5 heteroatoms. The minimum absolute atomic E-state index is 0.184. The molecular weight excluding hydrogens is 306 g/mol. The van der Waals surface area contributed by atoms with E-state index in [1.165, 1.54) is 0 Å². The summed E-state index contributed by atoms with van der Waals surface area (Å²) in [6, 6.07) is 8.16. The Bertz CT molecular complexity index is 541. The van der Waals surface area contributed by atoms with Crippen molar-refractivity contribution in [1.29, 1.82) is 0 Å². The van der Waals surface area contributed by atoms with Gasteiger partial charge in [-0.3, -0.25) is 0 Å². The number of aromatic nitrogens is 2. The molecule has 0 radical (unpaired) electrons. The molecule has 2 atom stereocenters. The van der Waals surface area contributed by atoms with Gasteiger partial charge in [0.2, 0.25) is 11.7 Å². The van der Waals surface area contributed by atoms with E-state index in [1.54, 1.807) is 0 Å². The number of rotatable bonds is 5. The van der Waals surface area contributed by atoms with Gasteiger partial charge in [0.1, 0.15) is 0 Å². The minimum Gasteiger partial charge on any atom is -0.339 e. The molecule has 0 aliphatic carbocycles. The Morgan fingerprint density at radius 1 is 1.32 bits per heavy atom. The molecule has 0 aliphatic heterocycles. The molecule has 1 aromatic heterocycles. The zero-order valence-corrected chi connectivity index (χ0v) is 12.9. The first-order valence-corrected chi connectivity index (χ1v) is 7.24. The fourth-order valence-electron chi connectivity index (χ4n) is 1.88. The lowest BCUT2D eigenvalue weighted by Gasteiger charge is -2.16. The molecule has 1 aromatic carbocycles. The zero-order valence-electron chi connectivity index (χ0n) is 11.4. The summed E-state index contributed by atoms with van der Waals surface area (Å²) in [6.45, 7) is 7.22. The van der Waals surface area contributed by atoms with Gasteiger partial charge in [0.25, 0.3) is 0 Å². The van der Waals surface area contributed by atoms with Crippen molar-refractivity contribution < 1.29 is 4.52 Å². The van der Waals surface area contributed by atoms with Gasteiger partial charge in [-0.2, -0.15) is 4.98 Å². The molecule has 102 valence electrons. The van der Waals surface area contributed by atoms with Crippen LogP contribution in [0.3, 0.4) is 0 Å². The zero-order chi connectivity index (χ0) is 13.8. The van der Waals surface area contributed by atoms with Gasteiger partial charge in [-0.1, -0.05) is 47.1 Å². The van der Waals surface area contributed by atoms with Gasteiger partial charge in [-0.25, -0.2) is 0 Å². The smallest absolute Gasteiger partial charge is 0.231 e. The highest BCUT2D eigenvalue weighted by atomic mass is 79.9. The van der Waals surface area contributed by atoms with Crippen LogP contribution in [0.25, 0.3) is 11.4 Å². The third kappa shape index (κ3) is 3.22. The number of nitrogens with one attached hydrogen (secondary N) is 1. The molecule has 0 fully saturated rings. The average Bonchev–Trinajstić information content (AvgIpc) is 2.88. The molecule has 0 saturated heterocycles. The lowest BCUT2D eigenvalue weighted by Crippen LogP contribution is -2.30. The third-order valence-corrected chi connectivity index (χ3v) is 3.91. The van der Waals surface area contributed by atoms with Crippen LogP contribution in [0.2, 0.25) is 0 Å². The molecule has 0 bridgehead atoms. The normalized spacial score (nSPS) is 14.3. The molecule has 2 rings (SSSR count). The summed E-state index contributed by atoms with van der Waals surface area (Å²) < 4.78 is 6.35. The fourth-order valence-corrected chi connectivity index (χ4v) is 2.35. The number of nitrogens with zero attached hydrogens (tertiary/aromatic N) is 2. The van der Waals surface area contributed by atoms with Crippen LogP contribution in [0.15, 0.2) is 33.3 Å². The van der Waals surface area contributed by atoms with E-state index in [9.17, 15) is 0 Å². The molecule has 1 heterocycles. The first-order chi connectivity index (χ1) is 9.13. The van der Waals surface area contributed by atoms with Crippen LogP contribution in [0.5, 0.6) is 0 Å². The van der Waals surface area contributed by atoms with Crippen LogP contribution in [-0.2, 0) is 0 Å². The van der Waals surface area contributed by atoms with Crippen molar-refractivity contribution in [3.8, 4) is 11.4 Å². The maximum atomic E-state index is 5.38. The quantitative estimate of drug-likeness (QED) is 0.913. The van der Waals surface area contributed by atoms with Gasteiger partial charge in [-0.15, -0.1) is 0 Å². The van der Waals surface area contributed by atoms with E-state index in [0.717, 1.165) is 16.6 Å². The molecular formula is C14H18BrN3O. The maximum absolute atomic E-state index is 5.38. The molecule has 0 saturated carbocycles. The molecule has 0 amide bonds. The summed E-state index contributed by atoms with van der Waals surface area (Å²) in [5, 5.41) is 7.43. The molecule has 19 heavy (non-hydrogen) atoms. The number of hydrogen-bond acceptors (Lipinski definition) is 4. The fraction of sp³-hybridized carbons (Fsp3) is 0.429. The maximum Gasteiger partial charge on any atom is 0.231 e. The van der Waals surface area contributed by atoms with Gasteiger partial charge in [-0.05, 0) is 25.6 Å². The van der Waals surface area contributed by atoms with Crippen molar-refractivity contribution >= 4 is 15.9 Å². The van der Waals surface area contributed by atoms with Crippen molar-refractivity contribution in [2.75, 3.05) is 6.54 Å². The highest BCUT2D eigenvalue weighted by Crippen LogP contribution is 2.27. The van der Waals surface area contributed by atoms with E-state index < -0.39 is 0 Å². The largest absolute Gasteiger partial charge is 0.339 e. The number of benzene rings is 1. The van der Waals surface area contributed by atoms with Crippen LogP contribution < -0.4 is 5.32 Å². The van der Waals surface area contributed by atoms with E-state index in [4.69, 9.17) is 4.52 Å². The van der Waals surface area contributed by atoms with Gasteiger partial charge in [0.05, 0.1) is 5.92 Å². The predicted molar refractivity (Wildman–Crippen MR) is 79.0 cm³/mol. The van der Waals surface area contributed by atoms with Crippen LogP contribution in [0.1, 0.15) is 32.6 Å². The second-order valence-electron chi connectivity index (χ2n) is 4.57. The Morgan fingerprint density at radius 2 is 2.05 bits per heavy atom. The number of halogens is 1. The second kappa shape index (κ2) is 6.30. The molecule has 1 N–H and O–H groups in total. The monoisotopic (exact) mass is 323 g/mol. The highest BCUT2D eigenvalue weighted by Gasteiger charge is 2.20. The third-order valence-electron chi connectivity index (χ3n) is 3.22. The second-order valence-corrected chi connectivity index (χ2v) is 5.43. The topological polar surface area (TPSA) is 51.0 Å². The van der Waals surface area contributed by atoms with Crippen molar-refractivity contribution in [3.05, 3.63) is 34.6 Å². The first kappa shape index (κ1) is 14.2. The Balaban J connectivity index is 2.22. The molecule has 0 aliphatic rings. The van der Waals surface area contributed by atoms with Gasteiger partial charge in [0, 0.05) is 16.1 Å². The highest BCUT2D eigenvalue weighted by molar-refractivity contribution is 9.10. The summed E-state index contributed by atoms with van der Waals surface area (Å²) >= 11 is 3.50. The SMILES string of the molecule is CCNC(C)C(C)c1nc(-c2ccccc2Br)no1. The summed E-state index contributed by atoms with van der Waals surface area (Å²) in [4.78, 5) is 4.50. The Hall–Kier alpha value is -1.20. The summed E-state index contributed by atoms with van der Waals surface area (Å²) in [5.41, 5.74) is 0.945. The molecule has 2 aromatic rings. The summed E-state index contributed by atoms with van der Waals surface area (Å²) in [6.07, 6.45) is 0. The molecule has 2 unspecified atom stereocenters. The predicted octanol–water partition coefficient (Wildman–Crippen LogP) is 3.60. The van der Waals surface area contributed by atoms with E-state index >= 15 is 0 Å². The van der Waals surface area contributed by atoms with Crippen LogP contribution in [0, 0.1) is 0 Å². The van der Waals surface area contributed by atoms with E-state index in [0.29, 0.717) is 17.8 Å². The lowest BCUT2D eigenvalue weighted by atomic mass is 10.0. The Kier molecular flexibility index (Phi) is 4.71. The van der Waals surface area contributed by atoms with E-state index in [-0.39, 0.29) is 5.92 Å². The van der Waals surface area contributed by atoms with Crippen LogP contribution in [-0.4, -0.2) is 22.7 Å². The number of hydrogen-bond donors (Lipinski definition) is 1. The molecule has 4 nitrogen and oxygen atoms in total. The summed E-state index contributed by atoms with van der Waals surface area (Å²) in [7, 11) is 0. The van der Waals surface area contributed by atoms with Gasteiger partial charge >= 0.3 is 0 Å². The van der Waals surface area contributed by atoms with Crippen LogP contribution in [0.4, 0.5) is 0 Å². The molecule has 0 spiro atoms. The average molecular weight is 324 g/mol. The summed E-state index contributed by atoms with van der Waals surface area (Å²) in [5.74, 6) is 1.47. The van der Waals surface area contributed by atoms with E-state index in [2.05, 4.69) is 52.2 Å². The van der Waals surface area contributed by atoms with Gasteiger partial charge < -0.3 is 9.84 Å². The van der Waals surface area contributed by atoms with Crippen molar-refractivity contribution in [2.24, 2.45) is 0 Å². The van der Waals surface area contributed by atoms with E-state index in [1.807, 2.05) is 24.3 Å². The van der Waals surface area contributed by atoms with Crippen molar-refractivity contribution in [3.63, 3.8) is 0 Å². The van der Waals surface area contributed by atoms with Crippen molar-refractivity contribution in [2.45, 2.75) is 32.7 Å². The van der Waals surface area contributed by atoms with Crippen molar-refractivity contribution in [1.82, 2.24) is 15.5 Å².